The number of hydrogen-bond acceptors (Lipinski definition) is 5. The van der Waals surface area contributed by atoms with Crippen LogP contribution in [0.3, 0.4) is 0 Å². The minimum Gasteiger partial charge on any atom is -0.381 e. The van der Waals surface area contributed by atoms with Gasteiger partial charge in [0.2, 0.25) is 0 Å². The van der Waals surface area contributed by atoms with Gasteiger partial charge in [-0.3, -0.25) is 9.69 Å². The second-order valence-corrected chi connectivity index (χ2v) is 7.64. The lowest BCUT2D eigenvalue weighted by Gasteiger charge is -2.58. The zero-order chi connectivity index (χ0) is 15.7. The van der Waals surface area contributed by atoms with Crippen molar-refractivity contribution in [2.45, 2.75) is 32.2 Å². The first-order valence-electron chi connectivity index (χ1n) is 8.04. The highest BCUT2D eigenvalue weighted by atomic mass is 32.1. The molecule has 2 aliphatic rings. The fraction of sp³-hybridized carbons (Fsp3) is 0.750. The minimum absolute atomic E-state index is 0.0790. The summed E-state index contributed by atoms with van der Waals surface area (Å²) in [7, 11) is 2.19. The van der Waals surface area contributed by atoms with Crippen LogP contribution in [0.1, 0.15) is 35.3 Å². The average molecular weight is 323 g/mol. The predicted molar refractivity (Wildman–Crippen MR) is 87.3 cm³/mol. The first-order chi connectivity index (χ1) is 10.5. The highest BCUT2D eigenvalue weighted by Crippen LogP contribution is 2.38. The van der Waals surface area contributed by atoms with E-state index in [9.17, 15) is 4.79 Å². The van der Waals surface area contributed by atoms with Gasteiger partial charge >= 0.3 is 0 Å². The molecule has 6 heteroatoms. The van der Waals surface area contributed by atoms with E-state index in [0.717, 1.165) is 44.3 Å². The van der Waals surface area contributed by atoms with E-state index in [2.05, 4.69) is 16.9 Å². The van der Waals surface area contributed by atoms with Crippen LogP contribution in [0.2, 0.25) is 0 Å². The molecule has 22 heavy (non-hydrogen) atoms. The lowest BCUT2D eigenvalue weighted by molar-refractivity contribution is -0.0752. The molecule has 3 rings (SSSR count). The van der Waals surface area contributed by atoms with Crippen molar-refractivity contribution < 1.29 is 9.53 Å². The number of rotatable bonds is 4. The third-order valence-corrected chi connectivity index (χ3v) is 5.78. The van der Waals surface area contributed by atoms with Gasteiger partial charge in [-0.1, -0.05) is 0 Å². The predicted octanol–water partition coefficient (Wildman–Crippen LogP) is 2.02. The van der Waals surface area contributed by atoms with E-state index in [1.54, 1.807) is 0 Å². The van der Waals surface area contributed by atoms with E-state index >= 15 is 0 Å². The number of amides is 1. The second-order valence-electron chi connectivity index (χ2n) is 6.58. The van der Waals surface area contributed by atoms with Crippen LogP contribution in [-0.2, 0) is 4.74 Å². The topological polar surface area (TPSA) is 45.7 Å². The molecule has 0 saturated carbocycles. The summed E-state index contributed by atoms with van der Waals surface area (Å²) in [5.41, 5.74) is 0.752. The van der Waals surface area contributed by atoms with Gasteiger partial charge in [0.05, 0.1) is 10.5 Å². The minimum atomic E-state index is 0.0790. The number of nitrogens with zero attached hydrogens (tertiary/aromatic N) is 3. The summed E-state index contributed by atoms with van der Waals surface area (Å²) in [5, 5.41) is 2.82. The third-order valence-electron chi connectivity index (χ3n) is 5.00. The van der Waals surface area contributed by atoms with Gasteiger partial charge in [-0.05, 0) is 46.2 Å². The molecule has 2 saturated heterocycles. The Morgan fingerprint density at radius 1 is 1.55 bits per heavy atom. The van der Waals surface area contributed by atoms with E-state index in [1.807, 2.05) is 24.1 Å². The molecular formula is C16H25N3O2S. The van der Waals surface area contributed by atoms with Gasteiger partial charge in [0, 0.05) is 31.7 Å². The van der Waals surface area contributed by atoms with Gasteiger partial charge in [0.1, 0.15) is 5.69 Å². The van der Waals surface area contributed by atoms with Crippen molar-refractivity contribution in [1.29, 1.82) is 0 Å². The number of hydrogen-bond donors (Lipinski definition) is 0. The largest absolute Gasteiger partial charge is 0.381 e. The number of aryl methyl sites for hydroxylation is 1. The maximum absolute atomic E-state index is 12.5. The van der Waals surface area contributed by atoms with Crippen LogP contribution in [0.25, 0.3) is 0 Å². The Bertz CT molecular complexity index is 537. The third kappa shape index (κ3) is 2.92. The van der Waals surface area contributed by atoms with Crippen LogP contribution in [-0.4, -0.2) is 66.1 Å². The number of ether oxygens (including phenoxy) is 1. The molecule has 3 heterocycles. The van der Waals surface area contributed by atoms with Crippen molar-refractivity contribution in [2.75, 3.05) is 39.9 Å². The molecule has 2 aliphatic heterocycles. The fourth-order valence-corrected chi connectivity index (χ4v) is 4.22. The molecule has 1 amide bonds. The quantitative estimate of drug-likeness (QED) is 0.850. The Morgan fingerprint density at radius 3 is 2.95 bits per heavy atom. The number of carbonyl (C=O) groups is 1. The smallest absolute Gasteiger partial charge is 0.273 e. The highest BCUT2D eigenvalue weighted by Gasteiger charge is 2.51. The van der Waals surface area contributed by atoms with Crippen LogP contribution in [0.4, 0.5) is 0 Å². The first-order valence-corrected chi connectivity index (χ1v) is 8.92. The van der Waals surface area contributed by atoms with Gasteiger partial charge in [-0.25, -0.2) is 4.98 Å². The van der Waals surface area contributed by atoms with E-state index in [-0.39, 0.29) is 11.4 Å². The molecule has 1 atom stereocenters. The van der Waals surface area contributed by atoms with Crippen molar-refractivity contribution in [3.05, 3.63) is 16.1 Å². The summed E-state index contributed by atoms with van der Waals surface area (Å²) in [5.74, 6) is 0.699. The molecule has 1 aromatic heterocycles. The Labute approximate surface area is 136 Å². The Kier molecular flexibility index (Phi) is 4.52. The van der Waals surface area contributed by atoms with Gasteiger partial charge < -0.3 is 9.64 Å². The number of carbonyl (C=O) groups excluding carboxylic acids is 1. The zero-order valence-electron chi connectivity index (χ0n) is 13.7. The molecular weight excluding hydrogens is 298 g/mol. The van der Waals surface area contributed by atoms with Crippen molar-refractivity contribution >= 4 is 17.2 Å². The van der Waals surface area contributed by atoms with Crippen molar-refractivity contribution in [3.63, 3.8) is 0 Å². The standard InChI is InChI=1S/C16H25N3O2S/c1-4-21-8-13-5-6-18(3)16(7-13)10-19(11-16)15(20)14-9-22-12(2)17-14/h9,13H,4-8,10-11H2,1-3H3/t13-/m1/s1. The maximum atomic E-state index is 12.5. The lowest BCUT2D eigenvalue weighted by Crippen LogP contribution is -2.72. The molecule has 0 bridgehead atoms. The van der Waals surface area contributed by atoms with Crippen molar-refractivity contribution in [1.82, 2.24) is 14.8 Å². The summed E-state index contributed by atoms with van der Waals surface area (Å²) in [6.07, 6.45) is 2.32. The number of piperidine rings is 1. The molecule has 0 radical (unpaired) electrons. The first kappa shape index (κ1) is 15.9. The molecule has 1 aromatic rings. The van der Waals surface area contributed by atoms with Crippen LogP contribution in [0.15, 0.2) is 5.38 Å². The zero-order valence-corrected chi connectivity index (χ0v) is 14.5. The maximum Gasteiger partial charge on any atom is 0.273 e. The highest BCUT2D eigenvalue weighted by molar-refractivity contribution is 7.09. The number of likely N-dealkylation sites (tertiary alicyclic amines) is 2. The molecule has 2 fully saturated rings. The van der Waals surface area contributed by atoms with Gasteiger partial charge in [0.25, 0.3) is 5.91 Å². The Morgan fingerprint density at radius 2 is 2.32 bits per heavy atom. The van der Waals surface area contributed by atoms with Crippen LogP contribution in [0, 0.1) is 12.8 Å². The lowest BCUT2D eigenvalue weighted by atomic mass is 9.75. The second kappa shape index (κ2) is 6.26. The fourth-order valence-electron chi connectivity index (χ4n) is 3.64. The molecule has 5 nitrogen and oxygen atoms in total. The number of thiazole rings is 1. The van der Waals surface area contributed by atoms with E-state index < -0.39 is 0 Å². The van der Waals surface area contributed by atoms with Crippen LogP contribution < -0.4 is 0 Å². The molecule has 1 spiro atoms. The molecule has 122 valence electrons. The summed E-state index contributed by atoms with van der Waals surface area (Å²) >= 11 is 1.54. The Hall–Kier alpha value is -0.980. The number of likely N-dealkylation sites (N-methyl/N-ethyl adjacent to an activating group) is 1. The monoisotopic (exact) mass is 323 g/mol. The SMILES string of the molecule is CCOC[C@@H]1CCN(C)C2(C1)CN(C(=O)c1csc(C)n1)C2. The summed E-state index contributed by atoms with van der Waals surface area (Å²) in [6.45, 7) is 8.35. The van der Waals surface area contributed by atoms with Crippen molar-refractivity contribution in [3.8, 4) is 0 Å². The normalized spacial score (nSPS) is 24.5. The molecule has 0 aromatic carbocycles. The van der Waals surface area contributed by atoms with E-state index in [1.165, 1.54) is 17.8 Å². The Balaban J connectivity index is 1.60. The molecule has 0 N–H and O–H groups in total. The van der Waals surface area contributed by atoms with Gasteiger partial charge in [-0.15, -0.1) is 11.3 Å². The van der Waals surface area contributed by atoms with E-state index in [0.29, 0.717) is 11.6 Å². The summed E-state index contributed by atoms with van der Waals surface area (Å²) < 4.78 is 5.61. The van der Waals surface area contributed by atoms with E-state index in [4.69, 9.17) is 4.74 Å². The molecule has 0 unspecified atom stereocenters. The summed E-state index contributed by atoms with van der Waals surface area (Å²) in [6, 6.07) is 0. The van der Waals surface area contributed by atoms with Crippen molar-refractivity contribution in [2.24, 2.45) is 5.92 Å². The number of aromatic nitrogens is 1. The van der Waals surface area contributed by atoms with Crippen LogP contribution in [0.5, 0.6) is 0 Å². The molecule has 0 aliphatic carbocycles. The van der Waals surface area contributed by atoms with Gasteiger partial charge in [-0.2, -0.15) is 0 Å². The average Bonchev–Trinajstić information content (AvgIpc) is 2.90. The van der Waals surface area contributed by atoms with Crippen LogP contribution >= 0.6 is 11.3 Å². The summed E-state index contributed by atoms with van der Waals surface area (Å²) in [4.78, 5) is 21.1. The van der Waals surface area contributed by atoms with Gasteiger partial charge in [0.15, 0.2) is 0 Å².